The van der Waals surface area contributed by atoms with Gasteiger partial charge in [0.1, 0.15) is 11.6 Å². The van der Waals surface area contributed by atoms with Crippen LogP contribution in [0.5, 0.6) is 5.75 Å². The summed E-state index contributed by atoms with van der Waals surface area (Å²) in [6.45, 7) is 0.775. The smallest absolute Gasteiger partial charge is 0.123 e. The molecule has 0 spiro atoms. The molecule has 1 unspecified atom stereocenters. The predicted octanol–water partition coefficient (Wildman–Crippen LogP) is 3.03. The molecule has 0 bridgehead atoms. The van der Waals surface area contributed by atoms with Gasteiger partial charge in [0.15, 0.2) is 0 Å². The molecule has 0 saturated carbocycles. The highest BCUT2D eigenvalue weighted by molar-refractivity contribution is 5.43. The van der Waals surface area contributed by atoms with Gasteiger partial charge in [-0.25, -0.2) is 4.39 Å². The monoisotopic (exact) mass is 243 g/mol. The van der Waals surface area contributed by atoms with E-state index in [1.54, 1.807) is 13.2 Å². The highest BCUT2D eigenvalue weighted by Gasteiger charge is 2.23. The Morgan fingerprint density at radius 3 is 2.94 bits per heavy atom. The van der Waals surface area contributed by atoms with Crippen LogP contribution in [0.15, 0.2) is 42.5 Å². The molecule has 1 heterocycles. The third-order valence-electron chi connectivity index (χ3n) is 3.34. The number of methoxy groups -OCH3 is 1. The van der Waals surface area contributed by atoms with Gasteiger partial charge < -0.3 is 10.1 Å². The van der Waals surface area contributed by atoms with Crippen LogP contribution in [0.2, 0.25) is 0 Å². The lowest BCUT2D eigenvalue weighted by Crippen LogP contribution is -2.13. The largest absolute Gasteiger partial charge is 0.497 e. The van der Waals surface area contributed by atoms with E-state index in [-0.39, 0.29) is 11.9 Å². The fourth-order valence-corrected chi connectivity index (χ4v) is 2.44. The maximum Gasteiger partial charge on any atom is 0.123 e. The third kappa shape index (κ3) is 1.87. The van der Waals surface area contributed by atoms with E-state index in [1.807, 2.05) is 30.3 Å². The number of hydrogen-bond donors (Lipinski definition) is 1. The van der Waals surface area contributed by atoms with Crippen molar-refractivity contribution in [3.8, 4) is 5.75 Å². The fraction of sp³-hybridized carbons (Fsp3) is 0.200. The summed E-state index contributed by atoms with van der Waals surface area (Å²) in [6, 6.07) is 12.9. The minimum atomic E-state index is -0.189. The van der Waals surface area contributed by atoms with Crippen LogP contribution in [0.4, 0.5) is 4.39 Å². The first-order valence-corrected chi connectivity index (χ1v) is 5.93. The van der Waals surface area contributed by atoms with Crippen LogP contribution in [-0.2, 0) is 6.54 Å². The molecule has 2 nitrogen and oxygen atoms in total. The third-order valence-corrected chi connectivity index (χ3v) is 3.34. The van der Waals surface area contributed by atoms with E-state index in [0.29, 0.717) is 0 Å². The van der Waals surface area contributed by atoms with Gasteiger partial charge in [0.05, 0.1) is 13.2 Å². The number of rotatable bonds is 2. The average molecular weight is 243 g/mol. The molecule has 0 amide bonds. The van der Waals surface area contributed by atoms with Crippen LogP contribution >= 0.6 is 0 Å². The fourth-order valence-electron chi connectivity index (χ4n) is 2.44. The van der Waals surface area contributed by atoms with Crippen LogP contribution in [0, 0.1) is 5.82 Å². The normalized spacial score (nSPS) is 17.6. The molecule has 2 aromatic rings. The molecular formula is C15H14FNO. The molecule has 1 aliphatic rings. The van der Waals surface area contributed by atoms with Crippen LogP contribution in [0.3, 0.4) is 0 Å². The van der Waals surface area contributed by atoms with Gasteiger partial charge in [0, 0.05) is 6.54 Å². The molecule has 18 heavy (non-hydrogen) atoms. The van der Waals surface area contributed by atoms with Crippen molar-refractivity contribution in [3.05, 3.63) is 65.0 Å². The molecule has 0 aromatic heterocycles. The quantitative estimate of drug-likeness (QED) is 0.875. The molecule has 1 aliphatic heterocycles. The van der Waals surface area contributed by atoms with Crippen molar-refractivity contribution in [1.29, 1.82) is 0 Å². The maximum atomic E-state index is 13.3. The Balaban J connectivity index is 2.02. The van der Waals surface area contributed by atoms with Gasteiger partial charge in [0.25, 0.3) is 0 Å². The highest BCUT2D eigenvalue weighted by Crippen LogP contribution is 2.32. The Bertz CT molecular complexity index is 582. The van der Waals surface area contributed by atoms with E-state index >= 15 is 0 Å². The first kappa shape index (κ1) is 11.2. The Hall–Kier alpha value is -1.87. The van der Waals surface area contributed by atoms with Crippen molar-refractivity contribution in [3.63, 3.8) is 0 Å². The molecular weight excluding hydrogens is 229 g/mol. The van der Waals surface area contributed by atoms with Crippen LogP contribution in [0.25, 0.3) is 0 Å². The van der Waals surface area contributed by atoms with Gasteiger partial charge in [-0.15, -0.1) is 0 Å². The highest BCUT2D eigenvalue weighted by atomic mass is 19.1. The number of benzene rings is 2. The molecule has 1 N–H and O–H groups in total. The van der Waals surface area contributed by atoms with E-state index < -0.39 is 0 Å². The zero-order valence-electron chi connectivity index (χ0n) is 10.1. The Kier molecular flexibility index (Phi) is 2.76. The number of fused-ring (bicyclic) bond motifs is 1. The summed E-state index contributed by atoms with van der Waals surface area (Å²) in [5.74, 6) is 0.629. The Morgan fingerprint density at radius 1 is 1.22 bits per heavy atom. The lowest BCUT2D eigenvalue weighted by Gasteiger charge is -2.13. The Labute approximate surface area is 105 Å². The van der Waals surface area contributed by atoms with Crippen molar-refractivity contribution in [2.45, 2.75) is 12.6 Å². The van der Waals surface area contributed by atoms with Crippen molar-refractivity contribution in [2.75, 3.05) is 7.11 Å². The number of nitrogens with one attached hydrogen (secondary N) is 1. The summed E-state index contributed by atoms with van der Waals surface area (Å²) >= 11 is 0. The van der Waals surface area contributed by atoms with E-state index in [0.717, 1.165) is 29.0 Å². The number of ether oxygens (including phenoxy) is 1. The predicted molar refractivity (Wildman–Crippen MR) is 68.1 cm³/mol. The van der Waals surface area contributed by atoms with Crippen molar-refractivity contribution < 1.29 is 9.13 Å². The molecule has 2 aromatic carbocycles. The van der Waals surface area contributed by atoms with Crippen LogP contribution < -0.4 is 10.1 Å². The number of hydrogen-bond acceptors (Lipinski definition) is 2. The summed E-state index contributed by atoms with van der Waals surface area (Å²) in [5.41, 5.74) is 3.27. The minimum Gasteiger partial charge on any atom is -0.497 e. The van der Waals surface area contributed by atoms with Crippen LogP contribution in [-0.4, -0.2) is 7.11 Å². The topological polar surface area (TPSA) is 21.3 Å². The summed E-state index contributed by atoms with van der Waals surface area (Å²) in [7, 11) is 1.65. The lowest BCUT2D eigenvalue weighted by atomic mass is 9.98. The first-order valence-electron chi connectivity index (χ1n) is 5.93. The molecule has 92 valence electrons. The molecule has 3 heteroatoms. The van der Waals surface area contributed by atoms with E-state index in [2.05, 4.69) is 5.32 Å². The lowest BCUT2D eigenvalue weighted by molar-refractivity contribution is 0.414. The summed E-state index contributed by atoms with van der Waals surface area (Å²) in [5, 5.41) is 3.39. The molecule has 0 fully saturated rings. The SMILES string of the molecule is COc1cccc(C2NCc3ccc(F)cc32)c1. The second-order valence-corrected chi connectivity index (χ2v) is 4.43. The molecule has 0 saturated heterocycles. The van der Waals surface area contributed by atoms with Gasteiger partial charge in [-0.05, 0) is 41.0 Å². The van der Waals surface area contributed by atoms with Crippen molar-refractivity contribution in [1.82, 2.24) is 5.32 Å². The second-order valence-electron chi connectivity index (χ2n) is 4.43. The van der Waals surface area contributed by atoms with Gasteiger partial charge >= 0.3 is 0 Å². The Morgan fingerprint density at radius 2 is 2.11 bits per heavy atom. The van der Waals surface area contributed by atoms with Crippen LogP contribution in [0.1, 0.15) is 22.7 Å². The van der Waals surface area contributed by atoms with Gasteiger partial charge in [-0.1, -0.05) is 18.2 Å². The van der Waals surface area contributed by atoms with Gasteiger partial charge in [-0.2, -0.15) is 0 Å². The zero-order chi connectivity index (χ0) is 12.5. The van der Waals surface area contributed by atoms with E-state index in [9.17, 15) is 4.39 Å². The van der Waals surface area contributed by atoms with E-state index in [1.165, 1.54) is 6.07 Å². The molecule has 0 radical (unpaired) electrons. The van der Waals surface area contributed by atoms with Gasteiger partial charge in [0.2, 0.25) is 0 Å². The first-order chi connectivity index (χ1) is 8.78. The summed E-state index contributed by atoms with van der Waals surface area (Å²) in [4.78, 5) is 0. The molecule has 3 rings (SSSR count). The van der Waals surface area contributed by atoms with E-state index in [4.69, 9.17) is 4.74 Å². The molecule has 1 atom stereocenters. The van der Waals surface area contributed by atoms with Crippen molar-refractivity contribution in [2.24, 2.45) is 0 Å². The summed E-state index contributed by atoms with van der Waals surface area (Å²) < 4.78 is 18.6. The second kappa shape index (κ2) is 4.42. The molecule has 0 aliphatic carbocycles. The van der Waals surface area contributed by atoms with Crippen molar-refractivity contribution >= 4 is 0 Å². The standard InChI is InChI=1S/C15H14FNO/c1-18-13-4-2-3-10(7-13)15-14-8-12(16)6-5-11(14)9-17-15/h2-8,15,17H,9H2,1H3. The average Bonchev–Trinajstić information content (AvgIpc) is 2.81. The summed E-state index contributed by atoms with van der Waals surface area (Å²) in [6.07, 6.45) is 0. The van der Waals surface area contributed by atoms with Gasteiger partial charge in [-0.3, -0.25) is 0 Å². The zero-order valence-corrected chi connectivity index (χ0v) is 10.1. The minimum absolute atomic E-state index is 0.0470. The number of halogens is 1. The maximum absolute atomic E-state index is 13.3.